The minimum atomic E-state index is -0.581. The van der Waals surface area contributed by atoms with E-state index in [0.717, 1.165) is 51.3 Å². The second kappa shape index (κ2) is 8.88. The maximum atomic E-state index is 10.7. The lowest BCUT2D eigenvalue weighted by Crippen LogP contribution is -2.46. The van der Waals surface area contributed by atoms with Gasteiger partial charge in [-0.1, -0.05) is 26.2 Å². The molecular formula is C18H36N4O. The fraction of sp³-hybridized carbons (Fsp3) is 0.944. The van der Waals surface area contributed by atoms with E-state index in [0.29, 0.717) is 12.6 Å². The smallest absolute Gasteiger partial charge is 0.193 e. The molecule has 2 N–H and O–H groups in total. The number of guanidine groups is 1. The van der Waals surface area contributed by atoms with Crippen molar-refractivity contribution >= 4 is 5.96 Å². The molecule has 1 heterocycles. The SMILES string of the molecule is CCNC(=NCC1(O)CCCCC1)N(C)CC1CCCN1CC. The van der Waals surface area contributed by atoms with Crippen molar-refractivity contribution in [1.29, 1.82) is 0 Å². The van der Waals surface area contributed by atoms with Gasteiger partial charge in [0.15, 0.2) is 5.96 Å². The van der Waals surface area contributed by atoms with Crippen LogP contribution in [-0.2, 0) is 0 Å². The van der Waals surface area contributed by atoms with Crippen LogP contribution in [-0.4, -0.2) is 72.3 Å². The van der Waals surface area contributed by atoms with E-state index in [1.807, 2.05) is 0 Å². The van der Waals surface area contributed by atoms with Crippen LogP contribution in [0.25, 0.3) is 0 Å². The molecule has 1 aliphatic carbocycles. The summed E-state index contributed by atoms with van der Waals surface area (Å²) in [5.74, 6) is 0.939. The number of nitrogens with zero attached hydrogens (tertiary/aromatic N) is 3. The molecular weight excluding hydrogens is 288 g/mol. The van der Waals surface area contributed by atoms with Crippen LogP contribution in [0, 0.1) is 0 Å². The average molecular weight is 325 g/mol. The van der Waals surface area contributed by atoms with Crippen molar-refractivity contribution in [2.45, 2.75) is 70.4 Å². The first-order valence-electron chi connectivity index (χ1n) is 9.54. The summed E-state index contributed by atoms with van der Waals surface area (Å²) in [6.07, 6.45) is 7.89. The molecule has 5 nitrogen and oxygen atoms in total. The fourth-order valence-electron chi connectivity index (χ4n) is 3.98. The van der Waals surface area contributed by atoms with Crippen molar-refractivity contribution < 1.29 is 5.11 Å². The lowest BCUT2D eigenvalue weighted by atomic mass is 9.85. The summed E-state index contributed by atoms with van der Waals surface area (Å²) >= 11 is 0. The van der Waals surface area contributed by atoms with E-state index in [4.69, 9.17) is 4.99 Å². The normalized spacial score (nSPS) is 25.6. The number of rotatable bonds is 6. The van der Waals surface area contributed by atoms with Gasteiger partial charge in [0.2, 0.25) is 0 Å². The third kappa shape index (κ3) is 5.35. The summed E-state index contributed by atoms with van der Waals surface area (Å²) < 4.78 is 0. The monoisotopic (exact) mass is 324 g/mol. The van der Waals surface area contributed by atoms with Crippen molar-refractivity contribution in [1.82, 2.24) is 15.1 Å². The zero-order valence-corrected chi connectivity index (χ0v) is 15.4. The van der Waals surface area contributed by atoms with Crippen LogP contribution in [0.5, 0.6) is 0 Å². The summed E-state index contributed by atoms with van der Waals surface area (Å²) in [5.41, 5.74) is -0.581. The zero-order valence-electron chi connectivity index (χ0n) is 15.4. The molecule has 1 saturated heterocycles. The van der Waals surface area contributed by atoms with Gasteiger partial charge in [-0.05, 0) is 45.7 Å². The van der Waals surface area contributed by atoms with E-state index in [9.17, 15) is 5.11 Å². The molecule has 5 heteroatoms. The molecule has 0 amide bonds. The van der Waals surface area contributed by atoms with E-state index < -0.39 is 5.60 Å². The van der Waals surface area contributed by atoms with Gasteiger partial charge in [-0.25, -0.2) is 0 Å². The Labute approximate surface area is 142 Å². The van der Waals surface area contributed by atoms with Crippen LogP contribution in [0.3, 0.4) is 0 Å². The number of likely N-dealkylation sites (tertiary alicyclic amines) is 1. The molecule has 0 aromatic rings. The Morgan fingerprint density at radius 3 is 2.65 bits per heavy atom. The molecule has 23 heavy (non-hydrogen) atoms. The van der Waals surface area contributed by atoms with Gasteiger partial charge >= 0.3 is 0 Å². The van der Waals surface area contributed by atoms with E-state index >= 15 is 0 Å². The minimum Gasteiger partial charge on any atom is -0.388 e. The summed E-state index contributed by atoms with van der Waals surface area (Å²) in [6.45, 7) is 9.11. The predicted octanol–water partition coefficient (Wildman–Crippen LogP) is 2.06. The van der Waals surface area contributed by atoms with Crippen LogP contribution >= 0.6 is 0 Å². The lowest BCUT2D eigenvalue weighted by molar-refractivity contribution is 0.0130. The number of aliphatic imine (C=N–C) groups is 1. The van der Waals surface area contributed by atoms with Crippen LogP contribution in [0.2, 0.25) is 0 Å². The van der Waals surface area contributed by atoms with Gasteiger partial charge in [-0.2, -0.15) is 0 Å². The van der Waals surface area contributed by atoms with Crippen molar-refractivity contribution in [3.63, 3.8) is 0 Å². The Hall–Kier alpha value is -0.810. The maximum Gasteiger partial charge on any atom is 0.193 e. The van der Waals surface area contributed by atoms with E-state index in [-0.39, 0.29) is 0 Å². The second-order valence-electron chi connectivity index (χ2n) is 7.26. The van der Waals surface area contributed by atoms with Gasteiger partial charge in [0.05, 0.1) is 12.1 Å². The number of hydrogen-bond acceptors (Lipinski definition) is 3. The molecule has 0 radical (unpaired) electrons. The van der Waals surface area contributed by atoms with Crippen LogP contribution in [0.4, 0.5) is 0 Å². The summed E-state index contributed by atoms with van der Waals surface area (Å²) in [5, 5.41) is 14.1. The van der Waals surface area contributed by atoms with Crippen molar-refractivity contribution in [2.24, 2.45) is 4.99 Å². The number of hydrogen-bond donors (Lipinski definition) is 2. The Balaban J connectivity index is 1.94. The van der Waals surface area contributed by atoms with E-state index in [2.05, 4.69) is 36.0 Å². The van der Waals surface area contributed by atoms with Crippen LogP contribution < -0.4 is 5.32 Å². The highest BCUT2D eigenvalue weighted by Gasteiger charge is 2.29. The highest BCUT2D eigenvalue weighted by Crippen LogP contribution is 2.28. The van der Waals surface area contributed by atoms with E-state index in [1.54, 1.807) is 0 Å². The topological polar surface area (TPSA) is 51.1 Å². The first-order valence-corrected chi connectivity index (χ1v) is 9.54. The zero-order chi connectivity index (χ0) is 16.7. The molecule has 2 rings (SSSR count). The molecule has 1 atom stereocenters. The first kappa shape index (κ1) is 18.5. The molecule has 2 fully saturated rings. The first-order chi connectivity index (χ1) is 11.1. The third-order valence-electron chi connectivity index (χ3n) is 5.39. The number of likely N-dealkylation sites (N-methyl/N-ethyl adjacent to an activating group) is 2. The minimum absolute atomic E-state index is 0.530. The van der Waals surface area contributed by atoms with Gasteiger partial charge < -0.3 is 15.3 Å². The Morgan fingerprint density at radius 2 is 2.00 bits per heavy atom. The molecule has 0 aromatic carbocycles. The molecule has 2 aliphatic rings. The van der Waals surface area contributed by atoms with Gasteiger partial charge in [0.1, 0.15) is 0 Å². The number of aliphatic hydroxyl groups is 1. The summed E-state index contributed by atoms with van der Waals surface area (Å²) in [7, 11) is 2.12. The fourth-order valence-corrected chi connectivity index (χ4v) is 3.98. The lowest BCUT2D eigenvalue weighted by Gasteiger charge is -2.32. The standard InChI is InChI=1S/C18H36N4O/c1-4-19-17(20-15-18(23)11-7-6-8-12-18)21(3)14-16-10-9-13-22(16)5-2/h16,23H,4-15H2,1-3H3,(H,19,20). The largest absolute Gasteiger partial charge is 0.388 e. The molecule has 0 spiro atoms. The quantitative estimate of drug-likeness (QED) is 0.580. The van der Waals surface area contributed by atoms with E-state index in [1.165, 1.54) is 25.8 Å². The van der Waals surface area contributed by atoms with Gasteiger partial charge in [0, 0.05) is 26.2 Å². The van der Waals surface area contributed by atoms with Gasteiger partial charge in [-0.15, -0.1) is 0 Å². The molecule has 1 aliphatic heterocycles. The average Bonchev–Trinajstić information content (AvgIpc) is 2.99. The highest BCUT2D eigenvalue weighted by atomic mass is 16.3. The van der Waals surface area contributed by atoms with Crippen molar-refractivity contribution in [3.05, 3.63) is 0 Å². The number of nitrogens with one attached hydrogen (secondary N) is 1. The maximum absolute atomic E-state index is 10.7. The van der Waals surface area contributed by atoms with Crippen LogP contribution in [0.15, 0.2) is 4.99 Å². The highest BCUT2D eigenvalue weighted by molar-refractivity contribution is 5.79. The molecule has 0 bridgehead atoms. The summed E-state index contributed by atoms with van der Waals surface area (Å²) in [6, 6.07) is 0.631. The summed E-state index contributed by atoms with van der Waals surface area (Å²) in [4.78, 5) is 9.57. The Bertz CT molecular complexity index is 379. The molecule has 134 valence electrons. The Kier molecular flexibility index (Phi) is 7.15. The second-order valence-corrected chi connectivity index (χ2v) is 7.26. The predicted molar refractivity (Wildman–Crippen MR) is 96.9 cm³/mol. The van der Waals surface area contributed by atoms with Crippen molar-refractivity contribution in [2.75, 3.05) is 39.8 Å². The van der Waals surface area contributed by atoms with Crippen molar-refractivity contribution in [3.8, 4) is 0 Å². The van der Waals surface area contributed by atoms with Crippen LogP contribution in [0.1, 0.15) is 58.8 Å². The Morgan fingerprint density at radius 1 is 1.26 bits per heavy atom. The molecule has 1 unspecified atom stereocenters. The van der Waals surface area contributed by atoms with Gasteiger partial charge in [0.25, 0.3) is 0 Å². The molecule has 1 saturated carbocycles. The third-order valence-corrected chi connectivity index (χ3v) is 5.39. The van der Waals surface area contributed by atoms with Gasteiger partial charge in [-0.3, -0.25) is 9.89 Å². The molecule has 0 aromatic heterocycles.